The molecule has 1 rings (SSSR count). The Morgan fingerprint density at radius 2 is 0.862 bits per heavy atom. The van der Waals surface area contributed by atoms with Gasteiger partial charge in [-0.3, -0.25) is 24.1 Å². The van der Waals surface area contributed by atoms with Crippen LogP contribution in [0.3, 0.4) is 0 Å². The van der Waals surface area contributed by atoms with E-state index in [0.29, 0.717) is 190 Å². The molecule has 0 saturated carbocycles. The van der Waals surface area contributed by atoms with Crippen molar-refractivity contribution >= 4 is 51.3 Å². The number of nitrogens with zero attached hydrogens (tertiary/aromatic N) is 2. The predicted molar refractivity (Wildman–Crippen MR) is 241 cm³/mol. The summed E-state index contributed by atoms with van der Waals surface area (Å²) in [5, 5.41) is 5.07. The second-order valence-corrected chi connectivity index (χ2v) is 15.9. The van der Waals surface area contributed by atoms with Crippen molar-refractivity contribution < 1.29 is 85.6 Å². The van der Waals surface area contributed by atoms with Crippen LogP contribution < -0.4 is 10.6 Å². The van der Waals surface area contributed by atoms with Crippen LogP contribution in [0, 0.1) is 0 Å². The molecule has 0 aromatic rings. The molecule has 0 aliphatic carbocycles. The first-order valence-corrected chi connectivity index (χ1v) is 24.4. The van der Waals surface area contributed by atoms with E-state index in [1.54, 1.807) is 33.5 Å². The van der Waals surface area contributed by atoms with Crippen molar-refractivity contribution in [2.45, 2.75) is 12.8 Å². The van der Waals surface area contributed by atoms with Crippen LogP contribution in [0.4, 0.5) is 4.79 Å². The van der Waals surface area contributed by atoms with Crippen molar-refractivity contribution in [2.24, 2.45) is 0 Å². The molecule has 0 aromatic carbocycles. The second-order valence-electron chi connectivity index (χ2n) is 13.2. The van der Waals surface area contributed by atoms with Crippen LogP contribution in [0.1, 0.15) is 12.8 Å². The SMILES string of the molecule is CNC(=O)OCCSSCCN(C)C(=O)CCOCCOCCOCCOCCOCCOCCOCCOCCOCCOCCOCCOCCNC(=O)CCN1C(=O)C=CC1=O. The van der Waals surface area contributed by atoms with Gasteiger partial charge in [0.15, 0.2) is 0 Å². The Bertz CT molecular complexity index is 1210. The summed E-state index contributed by atoms with van der Waals surface area (Å²) in [6, 6.07) is 0. The lowest BCUT2D eigenvalue weighted by atomic mass is 10.3. The van der Waals surface area contributed by atoms with Crippen molar-refractivity contribution in [2.75, 3.05) is 210 Å². The number of nitrogens with one attached hydrogen (secondary N) is 2. The standard InChI is InChI=1S/C41H74N4O18S2/c1-42-41(50)63-34-36-65-64-35-9-44(2)38(47)6-10-51-12-14-53-16-18-55-20-22-57-24-26-59-28-30-61-32-33-62-31-29-60-27-25-58-23-21-56-19-17-54-15-13-52-11-7-43-37(46)5-8-45-39(48)3-4-40(45)49/h3-4H,5-36H2,1-2H3,(H,42,50)(H,43,46). The maximum absolute atomic E-state index is 12.2. The fourth-order valence-electron chi connectivity index (χ4n) is 4.74. The molecule has 0 aromatic heterocycles. The molecule has 65 heavy (non-hydrogen) atoms. The first-order chi connectivity index (χ1) is 31.8. The summed E-state index contributed by atoms with van der Waals surface area (Å²) in [4.78, 5) is 60.7. The molecule has 0 radical (unpaired) electrons. The highest BCUT2D eigenvalue weighted by molar-refractivity contribution is 8.76. The van der Waals surface area contributed by atoms with Crippen molar-refractivity contribution in [3.8, 4) is 0 Å². The molecule has 0 fully saturated rings. The molecule has 0 saturated heterocycles. The molecular weight excluding hydrogens is 901 g/mol. The van der Waals surface area contributed by atoms with Gasteiger partial charge in [0, 0.05) is 63.8 Å². The lowest BCUT2D eigenvalue weighted by molar-refractivity contribution is -0.137. The molecule has 24 heteroatoms. The average Bonchev–Trinajstić information content (AvgIpc) is 3.63. The largest absolute Gasteiger partial charge is 0.449 e. The number of alkyl carbamates (subject to hydrolysis) is 1. The predicted octanol–water partition coefficient (Wildman–Crippen LogP) is 0.203. The third-order valence-corrected chi connectivity index (χ3v) is 10.6. The Kier molecular flexibility index (Phi) is 43.1. The maximum Gasteiger partial charge on any atom is 0.406 e. The van der Waals surface area contributed by atoms with Crippen molar-refractivity contribution in [1.82, 2.24) is 20.4 Å². The summed E-state index contributed by atoms with van der Waals surface area (Å²) in [7, 11) is 6.53. The van der Waals surface area contributed by atoms with Crippen LogP contribution >= 0.6 is 21.6 Å². The molecule has 5 amide bonds. The van der Waals surface area contributed by atoms with Gasteiger partial charge in [-0.1, -0.05) is 21.6 Å². The van der Waals surface area contributed by atoms with E-state index >= 15 is 0 Å². The molecule has 0 unspecified atom stereocenters. The van der Waals surface area contributed by atoms with Gasteiger partial charge < -0.3 is 77.1 Å². The topological polar surface area (TPSA) is 236 Å². The van der Waals surface area contributed by atoms with Gasteiger partial charge in [-0.2, -0.15) is 0 Å². The van der Waals surface area contributed by atoms with Gasteiger partial charge in [-0.25, -0.2) is 4.79 Å². The zero-order valence-corrected chi connectivity index (χ0v) is 40.0. The summed E-state index contributed by atoms with van der Waals surface area (Å²) >= 11 is 0. The van der Waals surface area contributed by atoms with Crippen LogP contribution in [0.15, 0.2) is 12.2 Å². The minimum atomic E-state index is -0.436. The average molecular weight is 975 g/mol. The molecule has 1 heterocycles. The minimum Gasteiger partial charge on any atom is -0.449 e. The Morgan fingerprint density at radius 3 is 1.25 bits per heavy atom. The zero-order valence-electron chi connectivity index (χ0n) is 38.3. The van der Waals surface area contributed by atoms with Crippen molar-refractivity contribution in [1.29, 1.82) is 0 Å². The number of amides is 5. The number of ether oxygens (including phenoxy) is 13. The first kappa shape index (κ1) is 60.3. The molecular formula is C41H74N4O18S2. The number of carbonyl (C=O) groups excluding carboxylic acids is 5. The van der Waals surface area contributed by atoms with Crippen molar-refractivity contribution in [3.63, 3.8) is 0 Å². The van der Waals surface area contributed by atoms with Gasteiger partial charge in [0.25, 0.3) is 11.8 Å². The minimum absolute atomic E-state index is 0.0289. The van der Waals surface area contributed by atoms with Gasteiger partial charge in [-0.05, 0) is 0 Å². The third-order valence-electron chi connectivity index (χ3n) is 8.21. The Morgan fingerprint density at radius 1 is 0.508 bits per heavy atom. The monoisotopic (exact) mass is 974 g/mol. The molecule has 0 spiro atoms. The van der Waals surface area contributed by atoms with E-state index in [2.05, 4.69) is 10.6 Å². The van der Waals surface area contributed by atoms with Gasteiger partial charge in [0.2, 0.25) is 11.8 Å². The second kappa shape index (κ2) is 46.4. The third kappa shape index (κ3) is 40.1. The fraction of sp³-hybridized carbons (Fsp3) is 0.829. The van der Waals surface area contributed by atoms with Crippen LogP contribution in [0.2, 0.25) is 0 Å². The van der Waals surface area contributed by atoms with E-state index < -0.39 is 17.9 Å². The normalized spacial score (nSPS) is 12.4. The molecule has 0 atom stereocenters. The maximum atomic E-state index is 12.2. The van der Waals surface area contributed by atoms with E-state index in [1.807, 2.05) is 0 Å². The van der Waals surface area contributed by atoms with E-state index in [4.69, 9.17) is 61.6 Å². The summed E-state index contributed by atoms with van der Waals surface area (Å²) < 4.78 is 70.6. The summed E-state index contributed by atoms with van der Waals surface area (Å²) in [6.45, 7) is 11.8. The molecule has 1 aliphatic rings. The van der Waals surface area contributed by atoms with E-state index in [-0.39, 0.29) is 24.8 Å². The number of rotatable bonds is 49. The smallest absolute Gasteiger partial charge is 0.406 e. The Hall–Kier alpha value is -2.69. The lowest BCUT2D eigenvalue weighted by Crippen LogP contribution is -2.35. The molecule has 378 valence electrons. The highest BCUT2D eigenvalue weighted by Gasteiger charge is 2.23. The Balaban J connectivity index is 1.66. The quantitative estimate of drug-likeness (QED) is 0.0471. The molecule has 22 nitrogen and oxygen atoms in total. The van der Waals surface area contributed by atoms with E-state index in [1.165, 1.54) is 19.2 Å². The van der Waals surface area contributed by atoms with E-state index in [9.17, 15) is 24.0 Å². The van der Waals surface area contributed by atoms with Crippen LogP contribution in [-0.2, 0) is 80.8 Å². The number of hydrogen-bond donors (Lipinski definition) is 2. The van der Waals surface area contributed by atoms with Crippen LogP contribution in [-0.4, -0.2) is 250 Å². The number of hydrogen-bond acceptors (Lipinski definition) is 20. The molecule has 1 aliphatic heterocycles. The summed E-state index contributed by atoms with van der Waals surface area (Å²) in [6.07, 6.45) is 2.31. The highest BCUT2D eigenvalue weighted by atomic mass is 33.1. The van der Waals surface area contributed by atoms with Crippen LogP contribution in [0.5, 0.6) is 0 Å². The lowest BCUT2D eigenvalue weighted by Gasteiger charge is -2.16. The number of carbonyl (C=O) groups is 5. The van der Waals surface area contributed by atoms with Gasteiger partial charge in [-0.15, -0.1) is 0 Å². The van der Waals surface area contributed by atoms with Gasteiger partial charge >= 0.3 is 6.09 Å². The number of imide groups is 1. The zero-order chi connectivity index (χ0) is 47.1. The van der Waals surface area contributed by atoms with E-state index in [0.717, 1.165) is 10.7 Å². The van der Waals surface area contributed by atoms with Crippen LogP contribution in [0.25, 0.3) is 0 Å². The highest BCUT2D eigenvalue weighted by Crippen LogP contribution is 2.20. The van der Waals surface area contributed by atoms with Gasteiger partial charge in [0.1, 0.15) is 6.61 Å². The summed E-state index contributed by atoms with van der Waals surface area (Å²) in [5.41, 5.74) is 0. The molecule has 0 bridgehead atoms. The fourth-order valence-corrected chi connectivity index (χ4v) is 6.61. The van der Waals surface area contributed by atoms with Crippen molar-refractivity contribution in [3.05, 3.63) is 12.2 Å². The summed E-state index contributed by atoms with van der Waals surface area (Å²) in [5.74, 6) is 0.439. The molecule has 2 N–H and O–H groups in total. The first-order valence-electron chi connectivity index (χ1n) is 21.9. The Labute approximate surface area is 391 Å². The van der Waals surface area contributed by atoms with Gasteiger partial charge in [0.05, 0.1) is 165 Å².